The zero-order valence-electron chi connectivity index (χ0n) is 11.1. The highest BCUT2D eigenvalue weighted by Crippen LogP contribution is 2.28. The van der Waals surface area contributed by atoms with E-state index in [1.807, 2.05) is 0 Å². The van der Waals surface area contributed by atoms with Crippen molar-refractivity contribution >= 4 is 17.3 Å². The number of nitrogens with one attached hydrogen (secondary N) is 1. The van der Waals surface area contributed by atoms with Crippen LogP contribution < -0.4 is 11.1 Å². The number of nitro groups is 1. The van der Waals surface area contributed by atoms with Crippen LogP contribution in [0.1, 0.15) is 39.0 Å². The maximum absolute atomic E-state index is 10.8. The summed E-state index contributed by atoms with van der Waals surface area (Å²) in [5, 5.41) is 14.0. The van der Waals surface area contributed by atoms with Crippen molar-refractivity contribution in [2.75, 3.05) is 11.1 Å². The van der Waals surface area contributed by atoms with Crippen LogP contribution in [0.5, 0.6) is 0 Å². The number of hydrogen-bond acceptors (Lipinski definition) is 5. The Morgan fingerprint density at radius 3 is 2.74 bits per heavy atom. The number of nitrogens with two attached hydrogens (primary N) is 1. The van der Waals surface area contributed by atoms with E-state index < -0.39 is 4.92 Å². The van der Waals surface area contributed by atoms with Gasteiger partial charge in [0.05, 0.1) is 17.1 Å². The Labute approximate surface area is 112 Å². The molecule has 1 saturated carbocycles. The highest BCUT2D eigenvalue weighted by Gasteiger charge is 2.21. The third-order valence-electron chi connectivity index (χ3n) is 3.77. The number of anilines is 2. The number of nitrogens with zero attached hydrogens (tertiary/aromatic N) is 2. The van der Waals surface area contributed by atoms with Crippen LogP contribution in [0.25, 0.3) is 0 Å². The maximum atomic E-state index is 10.8. The van der Waals surface area contributed by atoms with E-state index >= 15 is 0 Å². The fourth-order valence-corrected chi connectivity index (χ4v) is 2.70. The van der Waals surface area contributed by atoms with Crippen molar-refractivity contribution in [1.29, 1.82) is 0 Å². The van der Waals surface area contributed by atoms with Gasteiger partial charge in [0.15, 0.2) is 0 Å². The summed E-state index contributed by atoms with van der Waals surface area (Å²) >= 11 is 0. The first-order valence-corrected chi connectivity index (χ1v) is 6.75. The first-order valence-electron chi connectivity index (χ1n) is 6.75. The fourth-order valence-electron chi connectivity index (χ4n) is 2.70. The molecule has 0 amide bonds. The van der Waals surface area contributed by atoms with E-state index in [0.717, 1.165) is 0 Å². The second kappa shape index (κ2) is 5.86. The molecule has 0 bridgehead atoms. The van der Waals surface area contributed by atoms with E-state index in [0.29, 0.717) is 11.7 Å². The van der Waals surface area contributed by atoms with Gasteiger partial charge in [0, 0.05) is 6.04 Å². The molecule has 1 aliphatic carbocycles. The second-order valence-corrected chi connectivity index (χ2v) is 5.22. The largest absolute Gasteiger partial charge is 0.383 e. The Morgan fingerprint density at radius 1 is 1.42 bits per heavy atom. The second-order valence-electron chi connectivity index (χ2n) is 5.22. The van der Waals surface area contributed by atoms with E-state index in [2.05, 4.69) is 17.2 Å². The Balaban J connectivity index is 2.07. The molecule has 1 aliphatic rings. The Morgan fingerprint density at radius 2 is 2.11 bits per heavy atom. The monoisotopic (exact) mass is 264 g/mol. The van der Waals surface area contributed by atoms with E-state index in [9.17, 15) is 10.1 Å². The van der Waals surface area contributed by atoms with E-state index in [1.54, 1.807) is 0 Å². The topological polar surface area (TPSA) is 94.1 Å². The predicted molar refractivity (Wildman–Crippen MR) is 75.0 cm³/mol. The van der Waals surface area contributed by atoms with E-state index in [-0.39, 0.29) is 17.5 Å². The molecule has 0 aliphatic heterocycles. The van der Waals surface area contributed by atoms with Gasteiger partial charge in [-0.3, -0.25) is 10.1 Å². The lowest BCUT2D eigenvalue weighted by atomic mass is 9.84. The molecule has 1 atom stereocenters. The maximum Gasteiger partial charge on any atom is 0.276 e. The van der Waals surface area contributed by atoms with E-state index in [1.165, 1.54) is 44.2 Å². The van der Waals surface area contributed by atoms with Crippen molar-refractivity contribution in [3.8, 4) is 0 Å². The highest BCUT2D eigenvalue weighted by atomic mass is 16.6. The number of pyridine rings is 1. The molecule has 1 aromatic heterocycles. The summed E-state index contributed by atoms with van der Waals surface area (Å²) in [6, 6.07) is 2.97. The molecule has 0 saturated heterocycles. The summed E-state index contributed by atoms with van der Waals surface area (Å²) < 4.78 is 0. The Kier molecular flexibility index (Phi) is 4.19. The van der Waals surface area contributed by atoms with Crippen LogP contribution >= 0.6 is 0 Å². The molecule has 2 rings (SSSR count). The molecule has 1 unspecified atom stereocenters. The summed E-state index contributed by atoms with van der Waals surface area (Å²) in [7, 11) is 0. The van der Waals surface area contributed by atoms with Crippen LogP contribution in [-0.4, -0.2) is 15.9 Å². The lowest BCUT2D eigenvalue weighted by Crippen LogP contribution is -2.28. The molecule has 1 heterocycles. The molecule has 19 heavy (non-hydrogen) atoms. The molecule has 6 heteroatoms. The van der Waals surface area contributed by atoms with Gasteiger partial charge in [-0.15, -0.1) is 0 Å². The first-order chi connectivity index (χ1) is 9.06. The first kappa shape index (κ1) is 13.6. The van der Waals surface area contributed by atoms with Gasteiger partial charge < -0.3 is 11.1 Å². The van der Waals surface area contributed by atoms with E-state index in [4.69, 9.17) is 5.73 Å². The van der Waals surface area contributed by atoms with Crippen molar-refractivity contribution in [3.63, 3.8) is 0 Å². The summed E-state index contributed by atoms with van der Waals surface area (Å²) in [4.78, 5) is 14.5. The molecule has 104 valence electrons. The van der Waals surface area contributed by atoms with Crippen LogP contribution in [-0.2, 0) is 0 Å². The van der Waals surface area contributed by atoms with Crippen LogP contribution in [0.3, 0.4) is 0 Å². The number of rotatable bonds is 4. The van der Waals surface area contributed by atoms with Gasteiger partial charge in [-0.25, -0.2) is 4.98 Å². The zero-order chi connectivity index (χ0) is 13.8. The number of aromatic nitrogens is 1. The summed E-state index contributed by atoms with van der Waals surface area (Å²) in [5.41, 5.74) is 5.57. The van der Waals surface area contributed by atoms with Gasteiger partial charge in [0.25, 0.3) is 5.69 Å². The van der Waals surface area contributed by atoms with Crippen molar-refractivity contribution in [2.45, 2.75) is 45.1 Å². The van der Waals surface area contributed by atoms with Gasteiger partial charge >= 0.3 is 0 Å². The van der Waals surface area contributed by atoms with Crippen LogP contribution in [0, 0.1) is 16.0 Å². The minimum Gasteiger partial charge on any atom is -0.383 e. The quantitative estimate of drug-likeness (QED) is 0.644. The van der Waals surface area contributed by atoms with Gasteiger partial charge in [-0.05, 0) is 25.7 Å². The fraction of sp³-hybridized carbons (Fsp3) is 0.615. The third kappa shape index (κ3) is 3.56. The SMILES string of the molecule is CC(Nc1cc([N+](=O)[O-])cc(N)n1)C1CCCCC1. The molecule has 0 aromatic carbocycles. The minimum atomic E-state index is -0.450. The van der Waals surface area contributed by atoms with Crippen molar-refractivity contribution in [2.24, 2.45) is 5.92 Å². The lowest BCUT2D eigenvalue weighted by molar-refractivity contribution is -0.384. The van der Waals surface area contributed by atoms with Crippen LogP contribution in [0.2, 0.25) is 0 Å². The normalized spacial score (nSPS) is 17.9. The smallest absolute Gasteiger partial charge is 0.276 e. The van der Waals surface area contributed by atoms with Gasteiger partial charge in [0.1, 0.15) is 11.6 Å². The average Bonchev–Trinajstić information content (AvgIpc) is 2.39. The van der Waals surface area contributed by atoms with Gasteiger partial charge in [-0.2, -0.15) is 0 Å². The average molecular weight is 264 g/mol. The van der Waals surface area contributed by atoms with Crippen LogP contribution in [0.4, 0.5) is 17.3 Å². The molecule has 6 nitrogen and oxygen atoms in total. The summed E-state index contributed by atoms with van der Waals surface area (Å²) in [6.07, 6.45) is 6.25. The summed E-state index contributed by atoms with van der Waals surface area (Å²) in [5.74, 6) is 1.27. The predicted octanol–water partition coefficient (Wildman–Crippen LogP) is 2.95. The zero-order valence-corrected chi connectivity index (χ0v) is 11.1. The molecule has 0 spiro atoms. The Bertz CT molecular complexity index is 458. The highest BCUT2D eigenvalue weighted by molar-refractivity contribution is 5.53. The van der Waals surface area contributed by atoms with Gasteiger partial charge in [-0.1, -0.05) is 19.3 Å². The van der Waals surface area contributed by atoms with Crippen molar-refractivity contribution in [3.05, 3.63) is 22.2 Å². The van der Waals surface area contributed by atoms with Gasteiger partial charge in [0.2, 0.25) is 0 Å². The van der Waals surface area contributed by atoms with Crippen molar-refractivity contribution < 1.29 is 4.92 Å². The third-order valence-corrected chi connectivity index (χ3v) is 3.77. The lowest BCUT2D eigenvalue weighted by Gasteiger charge is -2.28. The van der Waals surface area contributed by atoms with Crippen LogP contribution in [0.15, 0.2) is 12.1 Å². The number of hydrogen-bond donors (Lipinski definition) is 2. The molecule has 1 aromatic rings. The summed E-state index contributed by atoms with van der Waals surface area (Å²) in [6.45, 7) is 2.10. The number of nitrogen functional groups attached to an aromatic ring is 1. The molecule has 1 fully saturated rings. The molecular weight excluding hydrogens is 244 g/mol. The standard InChI is InChI=1S/C13H20N4O2/c1-9(10-5-3-2-4-6-10)15-13-8-11(17(18)19)7-12(14)16-13/h7-10H,2-6H2,1H3,(H3,14,15,16). The van der Waals surface area contributed by atoms with Crippen molar-refractivity contribution in [1.82, 2.24) is 4.98 Å². The Hall–Kier alpha value is -1.85. The molecular formula is C13H20N4O2. The molecule has 0 radical (unpaired) electrons. The molecule has 3 N–H and O–H groups in total. The minimum absolute atomic E-state index is 0.0224.